The van der Waals surface area contributed by atoms with E-state index in [-0.39, 0.29) is 25.4 Å². The van der Waals surface area contributed by atoms with Gasteiger partial charge in [0.05, 0.1) is 0 Å². The Morgan fingerprint density at radius 2 is 1.38 bits per heavy atom. The number of carbonyl (C=O) groups is 5. The molecule has 3 rings (SSSR count). The van der Waals surface area contributed by atoms with Crippen LogP contribution in [0.2, 0.25) is 0 Å². The van der Waals surface area contributed by atoms with Crippen LogP contribution in [-0.2, 0) is 23.9 Å². The zero-order chi connectivity index (χ0) is 27.1. The highest BCUT2D eigenvalue weighted by Gasteiger charge is 2.30. The van der Waals surface area contributed by atoms with Crippen LogP contribution >= 0.6 is 0 Å². The lowest BCUT2D eigenvalue weighted by atomic mass is 9.98. The summed E-state index contributed by atoms with van der Waals surface area (Å²) in [5.41, 5.74) is 9.31. The first-order chi connectivity index (χ1) is 17.6. The fourth-order valence-corrected chi connectivity index (χ4v) is 4.13. The van der Waals surface area contributed by atoms with Gasteiger partial charge in [-0.3, -0.25) is 14.4 Å². The fourth-order valence-electron chi connectivity index (χ4n) is 4.13. The third-order valence-corrected chi connectivity index (χ3v) is 6.12. The van der Waals surface area contributed by atoms with E-state index in [1.807, 2.05) is 48.5 Å². The molecule has 0 aliphatic heterocycles. The van der Waals surface area contributed by atoms with Gasteiger partial charge in [-0.25, -0.2) is 9.59 Å². The summed E-state index contributed by atoms with van der Waals surface area (Å²) in [5.74, 6) is -3.60. The van der Waals surface area contributed by atoms with Crippen LogP contribution in [0.4, 0.5) is 4.79 Å². The molecule has 1 aliphatic rings. The highest BCUT2D eigenvalue weighted by molar-refractivity contribution is 5.92. The fraction of sp³-hybridized carbons (Fsp3) is 0.346. The summed E-state index contributed by atoms with van der Waals surface area (Å²) >= 11 is 0. The summed E-state index contributed by atoms with van der Waals surface area (Å²) < 4.78 is 5.43. The van der Waals surface area contributed by atoms with Gasteiger partial charge < -0.3 is 31.5 Å². The van der Waals surface area contributed by atoms with Crippen molar-refractivity contribution in [3.05, 3.63) is 59.7 Å². The predicted octanol–water partition coefficient (Wildman–Crippen LogP) is 1.25. The number of fused-ring (bicyclic) bond motifs is 3. The Morgan fingerprint density at radius 1 is 0.865 bits per heavy atom. The quantitative estimate of drug-likeness (QED) is 0.302. The number of primary amides is 1. The van der Waals surface area contributed by atoms with E-state index in [2.05, 4.69) is 16.0 Å². The van der Waals surface area contributed by atoms with Gasteiger partial charge in [-0.2, -0.15) is 0 Å². The number of ether oxygens (including phenoxy) is 1. The molecule has 0 fully saturated rings. The SMILES string of the molecule is C[C@H](NC(=O)OCC1c2ccccc2-c2ccccc21)C(=O)N[C@@H](C)C(=O)N[C@@H](CCC(N)=O)C(=O)O. The van der Waals surface area contributed by atoms with Gasteiger partial charge in [0.25, 0.3) is 0 Å². The molecular weight excluding hydrogens is 480 g/mol. The summed E-state index contributed by atoms with van der Waals surface area (Å²) in [7, 11) is 0. The van der Waals surface area contributed by atoms with Crippen molar-refractivity contribution < 1.29 is 33.8 Å². The lowest BCUT2D eigenvalue weighted by Crippen LogP contribution is -2.54. The number of nitrogens with one attached hydrogen (secondary N) is 3. The Morgan fingerprint density at radius 3 is 1.92 bits per heavy atom. The molecule has 6 N–H and O–H groups in total. The minimum Gasteiger partial charge on any atom is -0.480 e. The van der Waals surface area contributed by atoms with Crippen molar-refractivity contribution in [2.24, 2.45) is 5.73 Å². The second-order valence-electron chi connectivity index (χ2n) is 8.83. The summed E-state index contributed by atoms with van der Waals surface area (Å²) in [6, 6.07) is 12.3. The maximum Gasteiger partial charge on any atom is 0.407 e. The van der Waals surface area contributed by atoms with E-state index in [0.29, 0.717) is 0 Å². The van der Waals surface area contributed by atoms with Crippen molar-refractivity contribution in [3.63, 3.8) is 0 Å². The molecule has 2 aromatic rings. The molecule has 0 saturated heterocycles. The Labute approximate surface area is 213 Å². The van der Waals surface area contributed by atoms with Crippen molar-refractivity contribution in [3.8, 4) is 11.1 Å². The van der Waals surface area contributed by atoms with Gasteiger partial charge in [0.1, 0.15) is 24.7 Å². The van der Waals surface area contributed by atoms with E-state index in [0.717, 1.165) is 22.3 Å². The van der Waals surface area contributed by atoms with Crippen LogP contribution in [0.3, 0.4) is 0 Å². The maximum atomic E-state index is 12.5. The Kier molecular flexibility index (Phi) is 8.83. The van der Waals surface area contributed by atoms with E-state index >= 15 is 0 Å². The number of amides is 4. The topological polar surface area (TPSA) is 177 Å². The van der Waals surface area contributed by atoms with E-state index in [4.69, 9.17) is 10.5 Å². The molecule has 0 heterocycles. The number of hydrogen-bond acceptors (Lipinski definition) is 6. The molecule has 2 aromatic carbocycles. The van der Waals surface area contributed by atoms with Crippen molar-refractivity contribution in [1.82, 2.24) is 16.0 Å². The van der Waals surface area contributed by atoms with Gasteiger partial charge >= 0.3 is 12.1 Å². The number of nitrogens with two attached hydrogens (primary N) is 1. The number of carboxylic acids is 1. The molecule has 0 spiro atoms. The minimum absolute atomic E-state index is 0.0783. The van der Waals surface area contributed by atoms with E-state index < -0.39 is 47.9 Å². The molecule has 196 valence electrons. The van der Waals surface area contributed by atoms with Crippen LogP contribution in [0.15, 0.2) is 48.5 Å². The second-order valence-corrected chi connectivity index (χ2v) is 8.83. The predicted molar refractivity (Wildman–Crippen MR) is 133 cm³/mol. The van der Waals surface area contributed by atoms with E-state index in [1.54, 1.807) is 0 Å². The Bertz CT molecular complexity index is 1150. The van der Waals surface area contributed by atoms with Crippen LogP contribution in [0.1, 0.15) is 43.7 Å². The number of alkyl carbamates (subject to hydrolysis) is 1. The average molecular weight is 511 g/mol. The van der Waals surface area contributed by atoms with Crippen LogP contribution in [0, 0.1) is 0 Å². The standard InChI is InChI=1S/C26H30N4O7/c1-14(24(33)30-21(25(34)35)11-12-22(27)31)28-23(32)15(2)29-26(36)37-13-20-18-9-5-3-7-16(18)17-8-4-6-10-19(17)20/h3-10,14-15,20-21H,11-13H2,1-2H3,(H2,27,31)(H,28,32)(H,29,36)(H,30,33)(H,34,35)/t14-,15-,21-/m0/s1. The van der Waals surface area contributed by atoms with Gasteiger partial charge in [0.15, 0.2) is 0 Å². The van der Waals surface area contributed by atoms with Gasteiger partial charge in [0.2, 0.25) is 17.7 Å². The van der Waals surface area contributed by atoms with Gasteiger partial charge in [-0.15, -0.1) is 0 Å². The molecule has 4 amide bonds. The smallest absolute Gasteiger partial charge is 0.407 e. The zero-order valence-corrected chi connectivity index (χ0v) is 20.5. The number of carboxylic acid groups (broad SMARTS) is 1. The highest BCUT2D eigenvalue weighted by atomic mass is 16.5. The van der Waals surface area contributed by atoms with Crippen LogP contribution < -0.4 is 21.7 Å². The first-order valence-electron chi connectivity index (χ1n) is 11.8. The van der Waals surface area contributed by atoms with Crippen LogP contribution in [0.25, 0.3) is 11.1 Å². The second kappa shape index (κ2) is 12.0. The molecule has 37 heavy (non-hydrogen) atoms. The Hall–Kier alpha value is -4.41. The zero-order valence-electron chi connectivity index (χ0n) is 20.5. The molecule has 0 unspecified atom stereocenters. The molecule has 0 saturated carbocycles. The number of rotatable bonds is 11. The van der Waals surface area contributed by atoms with Gasteiger partial charge in [-0.1, -0.05) is 48.5 Å². The lowest BCUT2D eigenvalue weighted by molar-refractivity contribution is -0.142. The van der Waals surface area contributed by atoms with Gasteiger partial charge in [0, 0.05) is 12.3 Å². The number of carbonyl (C=O) groups excluding carboxylic acids is 4. The first kappa shape index (κ1) is 27.2. The summed E-state index contributed by atoms with van der Waals surface area (Å²) in [6.45, 7) is 2.86. The molecule has 3 atom stereocenters. The summed E-state index contributed by atoms with van der Waals surface area (Å²) in [6.07, 6.45) is -1.20. The van der Waals surface area contributed by atoms with Gasteiger partial charge in [-0.05, 0) is 42.5 Å². The summed E-state index contributed by atoms with van der Waals surface area (Å²) in [4.78, 5) is 59.4. The molecule has 1 aliphatic carbocycles. The van der Waals surface area contributed by atoms with Crippen molar-refractivity contribution in [2.75, 3.05) is 6.61 Å². The molecule has 11 nitrogen and oxygen atoms in total. The third kappa shape index (κ3) is 6.84. The van der Waals surface area contributed by atoms with Crippen molar-refractivity contribution in [2.45, 2.75) is 50.7 Å². The number of hydrogen-bond donors (Lipinski definition) is 5. The average Bonchev–Trinajstić information content (AvgIpc) is 3.18. The number of aliphatic carboxylic acids is 1. The number of benzene rings is 2. The summed E-state index contributed by atoms with van der Waals surface area (Å²) in [5, 5.41) is 16.3. The third-order valence-electron chi connectivity index (χ3n) is 6.12. The highest BCUT2D eigenvalue weighted by Crippen LogP contribution is 2.44. The largest absolute Gasteiger partial charge is 0.480 e. The maximum absolute atomic E-state index is 12.5. The molecule has 0 aromatic heterocycles. The monoisotopic (exact) mass is 510 g/mol. The molecule has 11 heteroatoms. The van der Waals surface area contributed by atoms with E-state index in [9.17, 15) is 29.1 Å². The lowest BCUT2D eigenvalue weighted by Gasteiger charge is -2.21. The van der Waals surface area contributed by atoms with Crippen molar-refractivity contribution >= 4 is 29.8 Å². The molecule has 0 radical (unpaired) electrons. The normalized spacial score (nSPS) is 14.3. The minimum atomic E-state index is -1.34. The van der Waals surface area contributed by atoms with E-state index in [1.165, 1.54) is 13.8 Å². The van der Waals surface area contributed by atoms with Crippen LogP contribution in [-0.4, -0.2) is 59.6 Å². The molecular formula is C26H30N4O7. The molecule has 0 bridgehead atoms. The Balaban J connectivity index is 1.50. The first-order valence-corrected chi connectivity index (χ1v) is 11.8. The van der Waals surface area contributed by atoms with Crippen LogP contribution in [0.5, 0.6) is 0 Å². The van der Waals surface area contributed by atoms with Crippen molar-refractivity contribution in [1.29, 1.82) is 0 Å².